The van der Waals surface area contributed by atoms with E-state index in [-0.39, 0.29) is 5.41 Å². The molecule has 0 fully saturated rings. The van der Waals surface area contributed by atoms with Crippen LogP contribution in [-0.4, -0.2) is 16.1 Å². The number of aromatic nitrogens is 1. The van der Waals surface area contributed by atoms with E-state index in [1.165, 1.54) is 0 Å². The van der Waals surface area contributed by atoms with Gasteiger partial charge in [0.25, 0.3) is 0 Å². The van der Waals surface area contributed by atoms with Gasteiger partial charge in [0, 0.05) is 12.4 Å². The van der Waals surface area contributed by atoms with Gasteiger partial charge in [0.05, 0.1) is 5.92 Å². The Hall–Kier alpha value is -1.38. The summed E-state index contributed by atoms with van der Waals surface area (Å²) in [5.41, 5.74) is 1.85. The van der Waals surface area contributed by atoms with Crippen LogP contribution in [0.25, 0.3) is 0 Å². The molecule has 0 aromatic carbocycles. The molecular formula is C12H15NO2. The molecule has 3 heteroatoms. The first kappa shape index (κ1) is 10.1. The summed E-state index contributed by atoms with van der Waals surface area (Å²) in [5, 5.41) is 9.29. The van der Waals surface area contributed by atoms with Gasteiger partial charge >= 0.3 is 5.97 Å². The molecule has 0 bridgehead atoms. The number of carbonyl (C=O) groups is 1. The van der Waals surface area contributed by atoms with Crippen LogP contribution in [0.2, 0.25) is 0 Å². The van der Waals surface area contributed by atoms with Crippen LogP contribution in [0.5, 0.6) is 0 Å². The van der Waals surface area contributed by atoms with E-state index in [9.17, 15) is 9.90 Å². The van der Waals surface area contributed by atoms with E-state index in [1.807, 2.05) is 19.9 Å². The third-order valence-electron chi connectivity index (χ3n) is 3.32. The first-order valence-electron chi connectivity index (χ1n) is 5.18. The lowest BCUT2D eigenvalue weighted by atomic mass is 9.67. The smallest absolute Gasteiger partial charge is 0.311 e. The van der Waals surface area contributed by atoms with Crippen LogP contribution in [0.15, 0.2) is 18.5 Å². The molecule has 1 aromatic heterocycles. The number of fused-ring (bicyclic) bond motifs is 1. The Labute approximate surface area is 89.2 Å². The Bertz CT molecular complexity index is 398. The second kappa shape index (κ2) is 3.33. The number of hydrogen-bond donors (Lipinski definition) is 1. The van der Waals surface area contributed by atoms with Crippen molar-refractivity contribution in [2.45, 2.75) is 32.6 Å². The SMILES string of the molecule is CC1(C)CCc2ccncc2C1C(=O)O. The Morgan fingerprint density at radius 3 is 3.00 bits per heavy atom. The molecule has 1 aliphatic carbocycles. The van der Waals surface area contributed by atoms with Crippen LogP contribution in [0, 0.1) is 5.41 Å². The van der Waals surface area contributed by atoms with Gasteiger partial charge in [-0.2, -0.15) is 0 Å². The molecule has 1 heterocycles. The van der Waals surface area contributed by atoms with Crippen LogP contribution >= 0.6 is 0 Å². The lowest BCUT2D eigenvalue weighted by Gasteiger charge is -2.37. The number of aryl methyl sites for hydroxylation is 1. The second-order valence-corrected chi connectivity index (χ2v) is 4.83. The van der Waals surface area contributed by atoms with Gasteiger partial charge in [-0.3, -0.25) is 9.78 Å². The topological polar surface area (TPSA) is 50.2 Å². The standard InChI is InChI=1S/C12H15NO2/c1-12(2)5-3-8-4-6-13-7-9(8)10(12)11(14)15/h4,6-7,10H,3,5H2,1-2H3,(H,14,15). The van der Waals surface area contributed by atoms with E-state index in [1.54, 1.807) is 12.4 Å². The molecular weight excluding hydrogens is 190 g/mol. The van der Waals surface area contributed by atoms with E-state index >= 15 is 0 Å². The highest BCUT2D eigenvalue weighted by molar-refractivity contribution is 5.78. The Kier molecular flexibility index (Phi) is 2.25. The first-order chi connectivity index (χ1) is 7.02. The van der Waals surface area contributed by atoms with Crippen molar-refractivity contribution in [1.29, 1.82) is 0 Å². The number of pyridine rings is 1. The summed E-state index contributed by atoms with van der Waals surface area (Å²) in [7, 11) is 0. The lowest BCUT2D eigenvalue weighted by Crippen LogP contribution is -2.33. The van der Waals surface area contributed by atoms with Crippen molar-refractivity contribution in [3.8, 4) is 0 Å². The minimum atomic E-state index is -0.742. The van der Waals surface area contributed by atoms with Crippen molar-refractivity contribution in [2.24, 2.45) is 5.41 Å². The highest BCUT2D eigenvalue weighted by Gasteiger charge is 2.40. The van der Waals surface area contributed by atoms with Crippen molar-refractivity contribution >= 4 is 5.97 Å². The summed E-state index contributed by atoms with van der Waals surface area (Å²) in [4.78, 5) is 15.3. The average Bonchev–Trinajstić information content (AvgIpc) is 2.15. The van der Waals surface area contributed by atoms with Crippen molar-refractivity contribution in [2.75, 3.05) is 0 Å². The van der Waals surface area contributed by atoms with Crippen LogP contribution in [0.3, 0.4) is 0 Å². The van der Waals surface area contributed by atoms with E-state index in [2.05, 4.69) is 4.98 Å². The fraction of sp³-hybridized carbons (Fsp3) is 0.500. The molecule has 1 unspecified atom stereocenters. The molecule has 1 aromatic rings. The average molecular weight is 205 g/mol. The molecule has 2 rings (SSSR count). The normalized spacial score (nSPS) is 23.2. The maximum Gasteiger partial charge on any atom is 0.311 e. The number of rotatable bonds is 1. The molecule has 0 spiro atoms. The quantitative estimate of drug-likeness (QED) is 0.764. The zero-order valence-corrected chi connectivity index (χ0v) is 9.03. The van der Waals surface area contributed by atoms with Gasteiger partial charge < -0.3 is 5.11 Å². The zero-order valence-electron chi connectivity index (χ0n) is 9.03. The Morgan fingerprint density at radius 1 is 1.60 bits per heavy atom. The molecule has 0 radical (unpaired) electrons. The zero-order chi connectivity index (χ0) is 11.1. The summed E-state index contributed by atoms with van der Waals surface area (Å²) in [5.74, 6) is -1.16. The van der Waals surface area contributed by atoms with Gasteiger partial charge in [-0.15, -0.1) is 0 Å². The summed E-state index contributed by atoms with van der Waals surface area (Å²) in [6, 6.07) is 1.93. The fourth-order valence-electron chi connectivity index (χ4n) is 2.41. The highest BCUT2D eigenvalue weighted by atomic mass is 16.4. The van der Waals surface area contributed by atoms with Crippen molar-refractivity contribution in [3.05, 3.63) is 29.6 Å². The molecule has 80 valence electrons. The van der Waals surface area contributed by atoms with E-state index in [0.29, 0.717) is 0 Å². The molecule has 15 heavy (non-hydrogen) atoms. The maximum absolute atomic E-state index is 11.3. The van der Waals surface area contributed by atoms with E-state index < -0.39 is 11.9 Å². The van der Waals surface area contributed by atoms with E-state index in [0.717, 1.165) is 24.0 Å². The monoisotopic (exact) mass is 205 g/mol. The van der Waals surface area contributed by atoms with Crippen LogP contribution < -0.4 is 0 Å². The molecule has 0 aliphatic heterocycles. The van der Waals surface area contributed by atoms with Crippen molar-refractivity contribution < 1.29 is 9.90 Å². The van der Waals surface area contributed by atoms with Crippen molar-refractivity contribution in [3.63, 3.8) is 0 Å². The predicted octanol–water partition coefficient (Wildman–Crippen LogP) is 2.22. The fourth-order valence-corrected chi connectivity index (χ4v) is 2.41. The summed E-state index contributed by atoms with van der Waals surface area (Å²) in [6.45, 7) is 4.03. The van der Waals surface area contributed by atoms with Crippen LogP contribution in [-0.2, 0) is 11.2 Å². The number of nitrogens with zero attached hydrogens (tertiary/aromatic N) is 1. The van der Waals surface area contributed by atoms with Crippen LogP contribution in [0.1, 0.15) is 37.3 Å². The van der Waals surface area contributed by atoms with Crippen LogP contribution in [0.4, 0.5) is 0 Å². The number of hydrogen-bond acceptors (Lipinski definition) is 2. The number of carboxylic acids is 1. The van der Waals surface area contributed by atoms with E-state index in [4.69, 9.17) is 0 Å². The highest BCUT2D eigenvalue weighted by Crippen LogP contribution is 2.44. The van der Waals surface area contributed by atoms with Gasteiger partial charge in [-0.1, -0.05) is 13.8 Å². The Balaban J connectivity index is 2.53. The van der Waals surface area contributed by atoms with Gasteiger partial charge in [0.2, 0.25) is 0 Å². The molecule has 1 atom stereocenters. The lowest BCUT2D eigenvalue weighted by molar-refractivity contribution is -0.142. The van der Waals surface area contributed by atoms with Gasteiger partial charge in [0.1, 0.15) is 0 Å². The largest absolute Gasteiger partial charge is 0.481 e. The molecule has 1 aliphatic rings. The van der Waals surface area contributed by atoms with Gasteiger partial charge in [0.15, 0.2) is 0 Å². The molecule has 0 amide bonds. The second-order valence-electron chi connectivity index (χ2n) is 4.83. The minimum Gasteiger partial charge on any atom is -0.481 e. The predicted molar refractivity (Wildman–Crippen MR) is 56.7 cm³/mol. The van der Waals surface area contributed by atoms with Gasteiger partial charge in [-0.25, -0.2) is 0 Å². The minimum absolute atomic E-state index is 0.179. The maximum atomic E-state index is 11.3. The molecule has 0 saturated carbocycles. The Morgan fingerprint density at radius 2 is 2.33 bits per heavy atom. The van der Waals surface area contributed by atoms with Gasteiger partial charge in [-0.05, 0) is 35.4 Å². The number of aliphatic carboxylic acids is 1. The summed E-state index contributed by atoms with van der Waals surface area (Å²) in [6.07, 6.45) is 5.31. The third kappa shape index (κ3) is 1.62. The molecule has 1 N–H and O–H groups in total. The molecule has 0 saturated heterocycles. The summed E-state index contributed by atoms with van der Waals surface area (Å²) < 4.78 is 0. The molecule has 3 nitrogen and oxygen atoms in total. The number of carboxylic acid groups (broad SMARTS) is 1. The third-order valence-corrected chi connectivity index (χ3v) is 3.32. The van der Waals surface area contributed by atoms with Crippen molar-refractivity contribution in [1.82, 2.24) is 4.98 Å². The summed E-state index contributed by atoms with van der Waals surface area (Å²) >= 11 is 0. The first-order valence-corrected chi connectivity index (χ1v) is 5.18.